The van der Waals surface area contributed by atoms with Crippen LogP contribution in [0.5, 0.6) is 11.5 Å². The summed E-state index contributed by atoms with van der Waals surface area (Å²) in [5, 5.41) is 0.398. The molecule has 2 aromatic carbocycles. The second kappa shape index (κ2) is 7.40. The van der Waals surface area contributed by atoms with Gasteiger partial charge in [0.25, 0.3) is 0 Å². The molecule has 0 unspecified atom stereocenters. The molecule has 0 aromatic heterocycles. The maximum Gasteiger partial charge on any atom is 0.242 e. The Kier molecular flexibility index (Phi) is 5.75. The van der Waals surface area contributed by atoms with Crippen LogP contribution in [0, 0.1) is 0 Å². The Balaban J connectivity index is 2.21. The van der Waals surface area contributed by atoms with Crippen LogP contribution in [-0.4, -0.2) is 22.6 Å². The number of hydrogen-bond donors (Lipinski definition) is 1. The second-order valence-electron chi connectivity index (χ2n) is 4.59. The molecule has 0 saturated heterocycles. The monoisotopic (exact) mass is 375 g/mol. The van der Waals surface area contributed by atoms with Gasteiger partial charge in [-0.15, -0.1) is 0 Å². The second-order valence-corrected chi connectivity index (χ2v) is 7.17. The minimum atomic E-state index is -3.79. The van der Waals surface area contributed by atoms with Gasteiger partial charge < -0.3 is 9.47 Å². The van der Waals surface area contributed by atoms with Crippen molar-refractivity contribution in [2.24, 2.45) is 0 Å². The first-order valence-electron chi connectivity index (χ1n) is 6.53. The van der Waals surface area contributed by atoms with Crippen LogP contribution >= 0.6 is 23.2 Å². The molecule has 5 nitrogen and oxygen atoms in total. The maximum atomic E-state index is 12.3. The molecule has 0 radical (unpaired) electrons. The van der Waals surface area contributed by atoms with E-state index in [9.17, 15) is 8.42 Å². The summed E-state index contributed by atoms with van der Waals surface area (Å²) in [5.74, 6) is 1.09. The van der Waals surface area contributed by atoms with E-state index in [1.54, 1.807) is 18.2 Å². The Morgan fingerprint density at radius 1 is 1.00 bits per heavy atom. The zero-order chi connectivity index (χ0) is 17.0. The Morgan fingerprint density at radius 3 is 2.35 bits per heavy atom. The molecule has 8 heteroatoms. The molecule has 0 heterocycles. The van der Waals surface area contributed by atoms with Crippen LogP contribution in [0.15, 0.2) is 41.3 Å². The number of methoxy groups -OCH3 is 2. The first-order chi connectivity index (χ1) is 10.9. The molecule has 2 aromatic rings. The minimum absolute atomic E-state index is 0.0628. The highest BCUT2D eigenvalue weighted by atomic mass is 35.5. The number of benzene rings is 2. The van der Waals surface area contributed by atoms with Gasteiger partial charge in [0.1, 0.15) is 4.90 Å². The lowest BCUT2D eigenvalue weighted by Gasteiger charge is -2.11. The highest BCUT2D eigenvalue weighted by molar-refractivity contribution is 7.89. The van der Waals surface area contributed by atoms with Gasteiger partial charge in [-0.1, -0.05) is 29.3 Å². The van der Waals surface area contributed by atoms with E-state index in [0.29, 0.717) is 22.1 Å². The van der Waals surface area contributed by atoms with Crippen molar-refractivity contribution in [3.63, 3.8) is 0 Å². The van der Waals surface area contributed by atoms with Crippen LogP contribution < -0.4 is 14.2 Å². The number of nitrogens with one attached hydrogen (secondary N) is 1. The number of hydrogen-bond acceptors (Lipinski definition) is 4. The fourth-order valence-corrected chi connectivity index (χ4v) is 3.71. The summed E-state index contributed by atoms with van der Waals surface area (Å²) in [4.78, 5) is -0.0628. The van der Waals surface area contributed by atoms with Gasteiger partial charge in [0.05, 0.1) is 19.2 Å². The number of ether oxygens (including phenoxy) is 2. The van der Waals surface area contributed by atoms with Crippen LogP contribution in [0.3, 0.4) is 0 Å². The maximum absolute atomic E-state index is 12.3. The van der Waals surface area contributed by atoms with Gasteiger partial charge in [-0.05, 0) is 35.9 Å². The Bertz CT molecular complexity index is 809. The van der Waals surface area contributed by atoms with E-state index in [1.807, 2.05) is 0 Å². The van der Waals surface area contributed by atoms with E-state index >= 15 is 0 Å². The van der Waals surface area contributed by atoms with E-state index < -0.39 is 10.0 Å². The Morgan fingerprint density at radius 2 is 1.70 bits per heavy atom. The van der Waals surface area contributed by atoms with Crippen LogP contribution in [-0.2, 0) is 16.6 Å². The SMILES string of the molecule is COc1ccc(CNS(=O)(=O)c2cc(Cl)ccc2Cl)cc1OC. The largest absolute Gasteiger partial charge is 0.493 e. The third-order valence-electron chi connectivity index (χ3n) is 3.10. The molecule has 0 bridgehead atoms. The topological polar surface area (TPSA) is 64.6 Å². The van der Waals surface area contributed by atoms with Gasteiger partial charge >= 0.3 is 0 Å². The van der Waals surface area contributed by atoms with Crippen LogP contribution in [0.25, 0.3) is 0 Å². The molecule has 1 N–H and O–H groups in total. The standard InChI is InChI=1S/C15H15Cl2NO4S/c1-21-13-6-3-10(7-14(13)22-2)9-18-23(19,20)15-8-11(16)4-5-12(15)17/h3-8,18H,9H2,1-2H3. The van der Waals surface area contributed by atoms with Gasteiger partial charge in [0.15, 0.2) is 11.5 Å². The summed E-state index contributed by atoms with van der Waals surface area (Å²) in [5.41, 5.74) is 0.712. The smallest absolute Gasteiger partial charge is 0.242 e. The highest BCUT2D eigenvalue weighted by Crippen LogP contribution is 2.28. The predicted octanol–water partition coefficient (Wildman–Crippen LogP) is 3.49. The van der Waals surface area contributed by atoms with Crippen molar-refractivity contribution in [2.45, 2.75) is 11.4 Å². The zero-order valence-electron chi connectivity index (χ0n) is 12.5. The van der Waals surface area contributed by atoms with E-state index in [2.05, 4.69) is 4.72 Å². The zero-order valence-corrected chi connectivity index (χ0v) is 14.8. The first-order valence-corrected chi connectivity index (χ1v) is 8.77. The summed E-state index contributed by atoms with van der Waals surface area (Å²) in [6.07, 6.45) is 0. The molecule has 0 aliphatic heterocycles. The molecule has 0 aliphatic rings. The third kappa shape index (κ3) is 4.29. The van der Waals surface area contributed by atoms with Crippen LogP contribution in [0.4, 0.5) is 0 Å². The van der Waals surface area contributed by atoms with Crippen molar-refractivity contribution < 1.29 is 17.9 Å². The van der Waals surface area contributed by atoms with Gasteiger partial charge in [-0.25, -0.2) is 13.1 Å². The van der Waals surface area contributed by atoms with Gasteiger partial charge in [0, 0.05) is 11.6 Å². The Labute approximate surface area is 145 Å². The van der Waals surface area contributed by atoms with Crippen LogP contribution in [0.1, 0.15) is 5.56 Å². The van der Waals surface area contributed by atoms with Crippen molar-refractivity contribution >= 4 is 33.2 Å². The summed E-state index contributed by atoms with van der Waals surface area (Å²) in [6, 6.07) is 9.41. The van der Waals surface area contributed by atoms with Crippen molar-refractivity contribution in [2.75, 3.05) is 14.2 Å². The molecule has 0 amide bonds. The lowest BCUT2D eigenvalue weighted by Crippen LogP contribution is -2.23. The molecular weight excluding hydrogens is 361 g/mol. The van der Waals surface area contributed by atoms with Gasteiger partial charge in [-0.2, -0.15) is 0 Å². The molecule has 124 valence electrons. The van der Waals surface area contributed by atoms with Crippen molar-refractivity contribution in [1.29, 1.82) is 0 Å². The lowest BCUT2D eigenvalue weighted by molar-refractivity contribution is 0.354. The molecule has 0 atom stereocenters. The number of sulfonamides is 1. The summed E-state index contributed by atoms with van der Waals surface area (Å²) in [7, 11) is -0.745. The third-order valence-corrected chi connectivity index (χ3v) is 5.21. The molecule has 23 heavy (non-hydrogen) atoms. The molecule has 0 aliphatic carbocycles. The summed E-state index contributed by atoms with van der Waals surface area (Å²) < 4.78 is 37.5. The van der Waals surface area contributed by atoms with Gasteiger partial charge in [0.2, 0.25) is 10.0 Å². The van der Waals surface area contributed by atoms with Crippen molar-refractivity contribution in [1.82, 2.24) is 4.72 Å². The van der Waals surface area contributed by atoms with Crippen molar-refractivity contribution in [3.05, 3.63) is 52.0 Å². The molecule has 0 saturated carbocycles. The van der Waals surface area contributed by atoms with E-state index in [-0.39, 0.29) is 16.5 Å². The minimum Gasteiger partial charge on any atom is -0.493 e. The molecular formula is C15H15Cl2NO4S. The van der Waals surface area contributed by atoms with Crippen molar-refractivity contribution in [3.8, 4) is 11.5 Å². The fourth-order valence-electron chi connectivity index (χ4n) is 1.93. The lowest BCUT2D eigenvalue weighted by atomic mass is 10.2. The van der Waals surface area contributed by atoms with E-state index in [4.69, 9.17) is 32.7 Å². The highest BCUT2D eigenvalue weighted by Gasteiger charge is 2.18. The number of rotatable bonds is 6. The van der Waals surface area contributed by atoms with Crippen LogP contribution in [0.2, 0.25) is 10.0 Å². The predicted molar refractivity (Wildman–Crippen MR) is 90.0 cm³/mol. The summed E-state index contributed by atoms with van der Waals surface area (Å²) >= 11 is 11.8. The van der Waals surface area contributed by atoms with Gasteiger partial charge in [-0.3, -0.25) is 0 Å². The normalized spacial score (nSPS) is 11.3. The fraction of sp³-hybridized carbons (Fsp3) is 0.200. The average molecular weight is 376 g/mol. The Hall–Kier alpha value is -1.47. The summed E-state index contributed by atoms with van der Waals surface area (Å²) in [6.45, 7) is 0.0749. The van der Waals surface area contributed by atoms with E-state index in [0.717, 1.165) is 0 Å². The molecule has 0 spiro atoms. The van der Waals surface area contributed by atoms with E-state index in [1.165, 1.54) is 32.4 Å². The molecule has 0 fully saturated rings. The average Bonchev–Trinajstić information content (AvgIpc) is 2.54. The quantitative estimate of drug-likeness (QED) is 0.838. The molecule has 2 rings (SSSR count). The number of halogens is 2. The first kappa shape index (κ1) is 17.9.